The van der Waals surface area contributed by atoms with Gasteiger partial charge in [0, 0.05) is 18.5 Å². The van der Waals surface area contributed by atoms with Crippen molar-refractivity contribution in [3.8, 4) is 5.75 Å². The quantitative estimate of drug-likeness (QED) is 0.867. The zero-order valence-corrected chi connectivity index (χ0v) is 13.1. The van der Waals surface area contributed by atoms with Crippen LogP contribution >= 0.6 is 0 Å². The van der Waals surface area contributed by atoms with E-state index in [2.05, 4.69) is 10.1 Å². The number of hydrogen-bond acceptors (Lipinski definition) is 5. The largest absolute Gasteiger partial charge is 0.493 e. The Labute approximate surface area is 134 Å². The van der Waals surface area contributed by atoms with Gasteiger partial charge in [0.2, 0.25) is 5.89 Å². The number of benzene rings is 1. The summed E-state index contributed by atoms with van der Waals surface area (Å²) >= 11 is 0. The molecule has 2 aromatic rings. The highest BCUT2D eigenvalue weighted by Gasteiger charge is 2.30. The first-order chi connectivity index (χ1) is 11.2. The van der Waals surface area contributed by atoms with Gasteiger partial charge in [-0.25, -0.2) is 0 Å². The molecule has 1 aromatic carbocycles. The highest BCUT2D eigenvalue weighted by atomic mass is 16.5. The summed E-state index contributed by atoms with van der Waals surface area (Å²) in [6.07, 6.45) is 4.18. The van der Waals surface area contributed by atoms with Crippen molar-refractivity contribution in [2.24, 2.45) is 0 Å². The molecule has 0 spiro atoms. The van der Waals surface area contributed by atoms with E-state index < -0.39 is 0 Å². The van der Waals surface area contributed by atoms with Crippen LogP contribution in [0, 0.1) is 0 Å². The molecule has 120 valence electrons. The molecule has 1 aliphatic carbocycles. The first kappa shape index (κ1) is 14.2. The number of amides is 1. The van der Waals surface area contributed by atoms with Gasteiger partial charge in [0.1, 0.15) is 5.75 Å². The van der Waals surface area contributed by atoms with Crippen molar-refractivity contribution in [2.75, 3.05) is 13.7 Å². The molecular weight excluding hydrogens is 294 g/mol. The van der Waals surface area contributed by atoms with Crippen molar-refractivity contribution in [1.82, 2.24) is 15.0 Å². The maximum atomic E-state index is 12.6. The molecule has 2 heterocycles. The van der Waals surface area contributed by atoms with Crippen molar-refractivity contribution >= 4 is 5.91 Å². The standard InChI is InChI=1S/C17H19N3O3/c1-20(10-15-18-16(23-19-15)11-4-5-11)17(21)13-6-7-14-12(9-13)3-2-8-22-14/h6-7,9,11H,2-5,8,10H2,1H3. The summed E-state index contributed by atoms with van der Waals surface area (Å²) < 4.78 is 10.8. The van der Waals surface area contributed by atoms with E-state index in [-0.39, 0.29) is 5.91 Å². The van der Waals surface area contributed by atoms with Crippen LogP contribution in [-0.4, -0.2) is 34.6 Å². The number of hydrogen-bond donors (Lipinski definition) is 0. The maximum absolute atomic E-state index is 12.6. The van der Waals surface area contributed by atoms with Gasteiger partial charge in [0.25, 0.3) is 5.91 Å². The molecule has 23 heavy (non-hydrogen) atoms. The number of ether oxygens (including phenoxy) is 1. The summed E-state index contributed by atoms with van der Waals surface area (Å²) in [5.74, 6) is 2.53. The fourth-order valence-corrected chi connectivity index (χ4v) is 2.83. The van der Waals surface area contributed by atoms with Crippen LogP contribution in [0.4, 0.5) is 0 Å². The number of rotatable bonds is 4. The van der Waals surface area contributed by atoms with E-state index in [9.17, 15) is 4.79 Å². The number of aryl methyl sites for hydroxylation is 1. The Morgan fingerprint density at radius 2 is 2.26 bits per heavy atom. The predicted octanol–water partition coefficient (Wildman–Crippen LogP) is 2.54. The van der Waals surface area contributed by atoms with Crippen LogP contribution in [0.1, 0.15) is 52.8 Å². The van der Waals surface area contributed by atoms with Crippen molar-refractivity contribution in [3.05, 3.63) is 41.0 Å². The Morgan fingerprint density at radius 3 is 3.09 bits per heavy atom. The fraction of sp³-hybridized carbons (Fsp3) is 0.471. The van der Waals surface area contributed by atoms with Crippen LogP contribution in [-0.2, 0) is 13.0 Å². The van der Waals surface area contributed by atoms with Gasteiger partial charge < -0.3 is 14.2 Å². The highest BCUT2D eigenvalue weighted by Crippen LogP contribution is 2.38. The van der Waals surface area contributed by atoms with Gasteiger partial charge in [-0.3, -0.25) is 4.79 Å². The van der Waals surface area contributed by atoms with Gasteiger partial charge in [-0.15, -0.1) is 0 Å². The van der Waals surface area contributed by atoms with E-state index in [1.165, 1.54) is 0 Å². The average Bonchev–Trinajstić information content (AvgIpc) is 3.33. The predicted molar refractivity (Wildman–Crippen MR) is 82.3 cm³/mol. The van der Waals surface area contributed by atoms with Gasteiger partial charge in [0.05, 0.1) is 13.2 Å². The van der Waals surface area contributed by atoms with Gasteiger partial charge in [-0.2, -0.15) is 4.98 Å². The summed E-state index contributed by atoms with van der Waals surface area (Å²) in [7, 11) is 1.76. The van der Waals surface area contributed by atoms with Crippen LogP contribution in [0.5, 0.6) is 5.75 Å². The Hall–Kier alpha value is -2.37. The van der Waals surface area contributed by atoms with Gasteiger partial charge in [-0.1, -0.05) is 5.16 Å². The van der Waals surface area contributed by atoms with Gasteiger partial charge in [-0.05, 0) is 49.4 Å². The number of carbonyl (C=O) groups excluding carboxylic acids is 1. The fourth-order valence-electron chi connectivity index (χ4n) is 2.83. The van der Waals surface area contributed by atoms with Crippen LogP contribution in [0.25, 0.3) is 0 Å². The van der Waals surface area contributed by atoms with Gasteiger partial charge in [0.15, 0.2) is 5.82 Å². The first-order valence-corrected chi connectivity index (χ1v) is 8.04. The molecule has 2 aliphatic rings. The lowest BCUT2D eigenvalue weighted by Crippen LogP contribution is -2.27. The van der Waals surface area contributed by atoms with E-state index in [1.54, 1.807) is 11.9 Å². The topological polar surface area (TPSA) is 68.5 Å². The van der Waals surface area contributed by atoms with Crippen molar-refractivity contribution in [2.45, 2.75) is 38.1 Å². The van der Waals surface area contributed by atoms with Crippen molar-refractivity contribution < 1.29 is 14.1 Å². The number of nitrogens with zero attached hydrogens (tertiary/aromatic N) is 3. The summed E-state index contributed by atoms with van der Waals surface area (Å²) in [4.78, 5) is 18.6. The molecule has 1 fully saturated rings. The Kier molecular flexibility index (Phi) is 3.52. The number of fused-ring (bicyclic) bond motifs is 1. The summed E-state index contributed by atoms with van der Waals surface area (Å²) in [6.45, 7) is 1.10. The van der Waals surface area contributed by atoms with E-state index in [1.807, 2.05) is 18.2 Å². The maximum Gasteiger partial charge on any atom is 0.254 e. The molecule has 0 bridgehead atoms. The second-order valence-corrected chi connectivity index (χ2v) is 6.26. The minimum atomic E-state index is -0.0452. The van der Waals surface area contributed by atoms with E-state index in [0.717, 1.165) is 43.6 Å². The van der Waals surface area contributed by atoms with Crippen LogP contribution in [0.3, 0.4) is 0 Å². The Morgan fingerprint density at radius 1 is 1.39 bits per heavy atom. The smallest absolute Gasteiger partial charge is 0.254 e. The molecule has 1 aromatic heterocycles. The number of aromatic nitrogens is 2. The van der Waals surface area contributed by atoms with Crippen LogP contribution in [0.15, 0.2) is 22.7 Å². The Bertz CT molecular complexity index is 736. The molecule has 0 unspecified atom stereocenters. The molecule has 0 saturated heterocycles. The molecular formula is C17H19N3O3. The summed E-state index contributed by atoms with van der Waals surface area (Å²) in [5, 5.41) is 3.96. The molecule has 1 aliphatic heterocycles. The van der Waals surface area contributed by atoms with E-state index in [4.69, 9.17) is 9.26 Å². The minimum Gasteiger partial charge on any atom is -0.493 e. The van der Waals surface area contributed by atoms with E-state index in [0.29, 0.717) is 29.7 Å². The molecule has 1 amide bonds. The second kappa shape index (κ2) is 5.68. The third-order valence-electron chi connectivity index (χ3n) is 4.29. The normalized spacial score (nSPS) is 16.6. The van der Waals surface area contributed by atoms with Crippen LogP contribution < -0.4 is 4.74 Å². The lowest BCUT2D eigenvalue weighted by atomic mass is 10.0. The molecule has 4 rings (SSSR count). The zero-order valence-electron chi connectivity index (χ0n) is 13.1. The van der Waals surface area contributed by atoms with E-state index >= 15 is 0 Å². The molecule has 6 heteroatoms. The lowest BCUT2D eigenvalue weighted by Gasteiger charge is -2.19. The molecule has 6 nitrogen and oxygen atoms in total. The summed E-state index contributed by atoms with van der Waals surface area (Å²) in [5.41, 5.74) is 1.77. The zero-order chi connectivity index (χ0) is 15.8. The lowest BCUT2D eigenvalue weighted by molar-refractivity contribution is 0.0780. The molecule has 0 atom stereocenters. The third kappa shape index (κ3) is 2.93. The monoisotopic (exact) mass is 313 g/mol. The van der Waals surface area contributed by atoms with Crippen molar-refractivity contribution in [3.63, 3.8) is 0 Å². The highest BCUT2D eigenvalue weighted by molar-refractivity contribution is 5.94. The average molecular weight is 313 g/mol. The third-order valence-corrected chi connectivity index (χ3v) is 4.29. The van der Waals surface area contributed by atoms with Crippen LogP contribution in [0.2, 0.25) is 0 Å². The molecule has 0 radical (unpaired) electrons. The summed E-state index contributed by atoms with van der Waals surface area (Å²) in [6, 6.07) is 5.63. The second-order valence-electron chi connectivity index (χ2n) is 6.26. The Balaban J connectivity index is 1.46. The molecule has 1 saturated carbocycles. The minimum absolute atomic E-state index is 0.0452. The van der Waals surface area contributed by atoms with Crippen molar-refractivity contribution in [1.29, 1.82) is 0 Å². The SMILES string of the molecule is CN(Cc1noc(C2CC2)n1)C(=O)c1ccc2c(c1)CCCO2. The van der Waals surface area contributed by atoms with Gasteiger partial charge >= 0.3 is 0 Å². The first-order valence-electron chi connectivity index (χ1n) is 8.04. The molecule has 0 N–H and O–H groups in total. The number of carbonyl (C=O) groups is 1.